The predicted molar refractivity (Wildman–Crippen MR) is 94.3 cm³/mol. The Labute approximate surface area is 136 Å². The summed E-state index contributed by atoms with van der Waals surface area (Å²) in [5.74, 6) is 1.49. The maximum absolute atomic E-state index is 5.66. The number of nitrogens with one attached hydrogen (secondary N) is 1. The van der Waals surface area contributed by atoms with Gasteiger partial charge in [-0.25, -0.2) is 9.50 Å². The third-order valence-corrected chi connectivity index (χ3v) is 4.18. The van der Waals surface area contributed by atoms with Crippen LogP contribution in [0.3, 0.4) is 0 Å². The fraction of sp³-hybridized carbons (Fsp3) is 0.333. The first-order valence-electron chi connectivity index (χ1n) is 8.09. The number of rotatable bonds is 6. The van der Waals surface area contributed by atoms with Crippen molar-refractivity contribution in [3.63, 3.8) is 0 Å². The van der Waals surface area contributed by atoms with Crippen molar-refractivity contribution in [1.82, 2.24) is 14.6 Å². The molecule has 3 N–H and O–H groups in total. The lowest BCUT2D eigenvalue weighted by Gasteiger charge is -2.11. The van der Waals surface area contributed by atoms with Crippen molar-refractivity contribution < 1.29 is 0 Å². The average molecular weight is 309 g/mol. The van der Waals surface area contributed by atoms with Gasteiger partial charge in [0.05, 0.1) is 11.9 Å². The summed E-state index contributed by atoms with van der Waals surface area (Å²) in [4.78, 5) is 4.44. The smallest absolute Gasteiger partial charge is 0.154 e. The number of hydrogen-bond acceptors (Lipinski definition) is 4. The maximum atomic E-state index is 5.66. The van der Waals surface area contributed by atoms with Gasteiger partial charge in [-0.3, -0.25) is 0 Å². The third kappa shape index (κ3) is 3.35. The molecule has 0 amide bonds. The molecule has 1 unspecified atom stereocenters. The molecule has 2 heterocycles. The van der Waals surface area contributed by atoms with E-state index in [-0.39, 0.29) is 0 Å². The van der Waals surface area contributed by atoms with Crippen molar-refractivity contribution in [1.29, 1.82) is 0 Å². The minimum atomic E-state index is 0.551. The molecule has 3 aromatic rings. The molecular weight excluding hydrogens is 286 g/mol. The second-order valence-corrected chi connectivity index (χ2v) is 5.93. The van der Waals surface area contributed by atoms with Crippen molar-refractivity contribution in [2.24, 2.45) is 11.7 Å². The lowest BCUT2D eigenvalue weighted by Crippen LogP contribution is -2.12. The molecule has 120 valence electrons. The van der Waals surface area contributed by atoms with Gasteiger partial charge < -0.3 is 11.1 Å². The molecule has 1 aromatic carbocycles. The average Bonchev–Trinajstić information content (AvgIpc) is 3.02. The zero-order valence-corrected chi connectivity index (χ0v) is 13.7. The molecule has 0 aliphatic carbocycles. The summed E-state index contributed by atoms with van der Waals surface area (Å²) in [5, 5.41) is 8.08. The lowest BCUT2D eigenvalue weighted by molar-refractivity contribution is 0.591. The predicted octanol–water partition coefficient (Wildman–Crippen LogP) is 3.31. The van der Waals surface area contributed by atoms with E-state index in [0.29, 0.717) is 12.5 Å². The molecule has 0 saturated heterocycles. The first-order valence-corrected chi connectivity index (χ1v) is 8.09. The molecule has 23 heavy (non-hydrogen) atoms. The van der Waals surface area contributed by atoms with Crippen LogP contribution in [-0.2, 0) is 6.54 Å². The summed E-state index contributed by atoms with van der Waals surface area (Å²) < 4.78 is 1.89. The molecule has 0 aliphatic rings. The zero-order valence-electron chi connectivity index (χ0n) is 13.7. The highest BCUT2D eigenvalue weighted by atomic mass is 15.3. The van der Waals surface area contributed by atoms with Crippen molar-refractivity contribution in [2.75, 3.05) is 11.9 Å². The largest absolute Gasteiger partial charge is 0.368 e. The number of nitrogens with zero attached hydrogens (tertiary/aromatic N) is 3. The van der Waals surface area contributed by atoms with E-state index in [1.54, 1.807) is 0 Å². The Balaban J connectivity index is 1.91. The van der Waals surface area contributed by atoms with Crippen LogP contribution in [0, 0.1) is 5.92 Å². The van der Waals surface area contributed by atoms with Gasteiger partial charge in [0, 0.05) is 18.7 Å². The quantitative estimate of drug-likeness (QED) is 0.733. The van der Waals surface area contributed by atoms with E-state index >= 15 is 0 Å². The highest BCUT2D eigenvalue weighted by molar-refractivity contribution is 5.63. The van der Waals surface area contributed by atoms with Crippen molar-refractivity contribution in [3.8, 4) is 11.3 Å². The Kier molecular flexibility index (Phi) is 4.57. The van der Waals surface area contributed by atoms with Gasteiger partial charge in [-0.2, -0.15) is 0 Å². The van der Waals surface area contributed by atoms with E-state index in [4.69, 9.17) is 5.73 Å². The summed E-state index contributed by atoms with van der Waals surface area (Å²) >= 11 is 0. The van der Waals surface area contributed by atoms with E-state index in [1.165, 1.54) is 0 Å². The van der Waals surface area contributed by atoms with Gasteiger partial charge in [0.1, 0.15) is 5.82 Å². The zero-order chi connectivity index (χ0) is 16.2. The second-order valence-electron chi connectivity index (χ2n) is 5.93. The van der Waals surface area contributed by atoms with Gasteiger partial charge >= 0.3 is 0 Å². The molecule has 5 nitrogen and oxygen atoms in total. The third-order valence-electron chi connectivity index (χ3n) is 4.18. The number of anilines is 1. The van der Waals surface area contributed by atoms with Gasteiger partial charge in [-0.05, 0) is 23.6 Å². The van der Waals surface area contributed by atoms with Crippen LogP contribution in [-0.4, -0.2) is 21.1 Å². The minimum absolute atomic E-state index is 0.551. The van der Waals surface area contributed by atoms with Crippen LogP contribution in [0.5, 0.6) is 0 Å². The lowest BCUT2D eigenvalue weighted by atomic mass is 10.1. The Hall–Kier alpha value is -2.40. The molecule has 5 heteroatoms. The highest BCUT2D eigenvalue weighted by Crippen LogP contribution is 2.21. The van der Waals surface area contributed by atoms with Gasteiger partial charge in [0.2, 0.25) is 0 Å². The minimum Gasteiger partial charge on any atom is -0.368 e. The summed E-state index contributed by atoms with van der Waals surface area (Å²) in [6.45, 7) is 5.90. The molecular formula is C18H23N5. The monoisotopic (exact) mass is 309 g/mol. The summed E-state index contributed by atoms with van der Waals surface area (Å²) in [6, 6.07) is 12.2. The second kappa shape index (κ2) is 6.79. The van der Waals surface area contributed by atoms with Crippen LogP contribution >= 0.6 is 0 Å². The van der Waals surface area contributed by atoms with E-state index in [2.05, 4.69) is 41.4 Å². The number of nitrogens with two attached hydrogens (primary N) is 1. The molecule has 0 radical (unpaired) electrons. The normalized spacial score (nSPS) is 12.5. The molecule has 0 saturated carbocycles. The Morgan fingerprint density at radius 1 is 1.17 bits per heavy atom. The van der Waals surface area contributed by atoms with Crippen LogP contribution in [0.2, 0.25) is 0 Å². The number of imidazole rings is 1. The SMILES string of the molecule is CCC(C)CNc1ccc2ncc(-c3ccc(CN)cc3)n2n1. The first kappa shape index (κ1) is 15.5. The van der Waals surface area contributed by atoms with Crippen molar-refractivity contribution >= 4 is 11.5 Å². The molecule has 0 aliphatic heterocycles. The summed E-state index contributed by atoms with van der Waals surface area (Å²) in [6.07, 6.45) is 3.01. The van der Waals surface area contributed by atoms with E-state index in [1.807, 2.05) is 35.0 Å². The Morgan fingerprint density at radius 2 is 1.96 bits per heavy atom. The molecule has 0 bridgehead atoms. The van der Waals surface area contributed by atoms with E-state index in [0.717, 1.165) is 41.3 Å². The fourth-order valence-corrected chi connectivity index (χ4v) is 2.40. The topological polar surface area (TPSA) is 68.2 Å². The Morgan fingerprint density at radius 3 is 2.65 bits per heavy atom. The molecule has 1 atom stereocenters. The van der Waals surface area contributed by atoms with Crippen molar-refractivity contribution in [2.45, 2.75) is 26.8 Å². The number of hydrogen-bond donors (Lipinski definition) is 2. The number of benzene rings is 1. The summed E-state index contributed by atoms with van der Waals surface area (Å²) in [5.41, 5.74) is 9.69. The molecule has 0 spiro atoms. The molecule has 2 aromatic heterocycles. The van der Waals surface area contributed by atoms with Crippen molar-refractivity contribution in [3.05, 3.63) is 48.2 Å². The Bertz CT molecular complexity index is 776. The van der Waals surface area contributed by atoms with Crippen LogP contribution in [0.1, 0.15) is 25.8 Å². The van der Waals surface area contributed by atoms with Gasteiger partial charge in [-0.1, -0.05) is 44.5 Å². The number of fused-ring (bicyclic) bond motifs is 1. The van der Waals surface area contributed by atoms with Crippen LogP contribution < -0.4 is 11.1 Å². The van der Waals surface area contributed by atoms with Crippen LogP contribution in [0.4, 0.5) is 5.82 Å². The van der Waals surface area contributed by atoms with Crippen LogP contribution in [0.15, 0.2) is 42.6 Å². The molecule has 0 fully saturated rings. The fourth-order valence-electron chi connectivity index (χ4n) is 2.40. The van der Waals surface area contributed by atoms with Crippen LogP contribution in [0.25, 0.3) is 16.9 Å². The van der Waals surface area contributed by atoms with E-state index in [9.17, 15) is 0 Å². The first-order chi connectivity index (χ1) is 11.2. The van der Waals surface area contributed by atoms with E-state index < -0.39 is 0 Å². The summed E-state index contributed by atoms with van der Waals surface area (Å²) in [7, 11) is 0. The van der Waals surface area contributed by atoms with Gasteiger partial charge in [-0.15, -0.1) is 5.10 Å². The van der Waals surface area contributed by atoms with Gasteiger partial charge in [0.15, 0.2) is 5.65 Å². The maximum Gasteiger partial charge on any atom is 0.154 e. The number of aromatic nitrogens is 3. The van der Waals surface area contributed by atoms with Gasteiger partial charge in [0.25, 0.3) is 0 Å². The standard InChI is InChI=1S/C18H23N5/c1-3-13(2)11-20-17-8-9-18-21-12-16(23(18)22-17)15-6-4-14(10-19)5-7-15/h4-9,12-13H,3,10-11,19H2,1-2H3,(H,20,22). The highest BCUT2D eigenvalue weighted by Gasteiger charge is 2.08. The molecule has 3 rings (SSSR count).